The minimum absolute atomic E-state index is 0.0889. The van der Waals surface area contributed by atoms with Crippen molar-refractivity contribution in [2.24, 2.45) is 0 Å². The Balaban J connectivity index is 1.25. The predicted octanol–water partition coefficient (Wildman–Crippen LogP) is 3.58. The van der Waals surface area contributed by atoms with Crippen LogP contribution in [0.5, 0.6) is 0 Å². The summed E-state index contributed by atoms with van der Waals surface area (Å²) < 4.78 is 5.39. The van der Waals surface area contributed by atoms with E-state index in [0.717, 1.165) is 36.4 Å². The molecule has 1 aliphatic heterocycles. The van der Waals surface area contributed by atoms with Gasteiger partial charge in [-0.1, -0.05) is 23.4 Å². The summed E-state index contributed by atoms with van der Waals surface area (Å²) in [5, 5.41) is 9.91. The predicted molar refractivity (Wildman–Crippen MR) is 134 cm³/mol. The largest absolute Gasteiger partial charge is 0.351 e. The summed E-state index contributed by atoms with van der Waals surface area (Å²) in [7, 11) is 1.73. The minimum atomic E-state index is -0.197. The van der Waals surface area contributed by atoms with Crippen LogP contribution in [-0.2, 0) is 6.42 Å². The van der Waals surface area contributed by atoms with Crippen LogP contribution in [0.2, 0.25) is 0 Å². The summed E-state index contributed by atoms with van der Waals surface area (Å²) >= 11 is 0. The number of aryl methyl sites for hydroxylation is 1. The first-order valence-electron chi connectivity index (χ1n) is 12.0. The van der Waals surface area contributed by atoms with Crippen LogP contribution in [0.4, 0.5) is 10.5 Å². The molecule has 2 heterocycles. The van der Waals surface area contributed by atoms with Gasteiger partial charge >= 0.3 is 6.03 Å². The molecule has 9 nitrogen and oxygen atoms in total. The third-order valence-electron chi connectivity index (χ3n) is 6.18. The molecule has 3 amide bonds. The molecule has 0 radical (unpaired) electrons. The highest BCUT2D eigenvalue weighted by Crippen LogP contribution is 2.18. The Morgan fingerprint density at radius 1 is 1.09 bits per heavy atom. The molecular formula is C26H32N6O3. The molecule has 2 aromatic carbocycles. The van der Waals surface area contributed by atoms with E-state index in [9.17, 15) is 9.59 Å². The van der Waals surface area contributed by atoms with Gasteiger partial charge in [0.1, 0.15) is 0 Å². The summed E-state index contributed by atoms with van der Waals surface area (Å²) in [6.45, 7) is 6.15. The van der Waals surface area contributed by atoms with Gasteiger partial charge in [0, 0.05) is 49.9 Å². The van der Waals surface area contributed by atoms with Crippen LogP contribution in [0.3, 0.4) is 0 Å². The average Bonchev–Trinajstić information content (AvgIpc) is 3.56. The number of carbonyl (C=O) groups is 2. The van der Waals surface area contributed by atoms with E-state index in [1.54, 1.807) is 36.2 Å². The zero-order valence-electron chi connectivity index (χ0n) is 20.3. The highest BCUT2D eigenvalue weighted by Gasteiger charge is 2.15. The molecular weight excluding hydrogens is 444 g/mol. The molecule has 35 heavy (non-hydrogen) atoms. The Hall–Kier alpha value is -3.72. The first-order valence-corrected chi connectivity index (χ1v) is 12.0. The van der Waals surface area contributed by atoms with E-state index in [0.29, 0.717) is 36.8 Å². The molecule has 0 aliphatic carbocycles. The van der Waals surface area contributed by atoms with Crippen molar-refractivity contribution in [3.8, 4) is 11.5 Å². The van der Waals surface area contributed by atoms with Crippen LogP contribution in [0.25, 0.3) is 11.5 Å². The maximum absolute atomic E-state index is 12.4. The first-order chi connectivity index (χ1) is 17.0. The third-order valence-corrected chi connectivity index (χ3v) is 6.18. The second kappa shape index (κ2) is 11.6. The normalized spacial score (nSPS) is 13.5. The van der Waals surface area contributed by atoms with Crippen molar-refractivity contribution in [3.05, 3.63) is 65.5 Å². The van der Waals surface area contributed by atoms with Crippen LogP contribution in [0.15, 0.2) is 53.1 Å². The second-order valence-electron chi connectivity index (χ2n) is 8.81. The van der Waals surface area contributed by atoms with E-state index in [4.69, 9.17) is 4.52 Å². The Morgan fingerprint density at radius 3 is 2.57 bits per heavy atom. The lowest BCUT2D eigenvalue weighted by molar-refractivity contribution is 0.0949. The van der Waals surface area contributed by atoms with Crippen LogP contribution in [0.1, 0.15) is 34.6 Å². The van der Waals surface area contributed by atoms with Crippen molar-refractivity contribution in [2.45, 2.75) is 26.2 Å². The van der Waals surface area contributed by atoms with Crippen LogP contribution < -0.4 is 10.6 Å². The molecule has 0 saturated carbocycles. The molecule has 1 aliphatic rings. The smallest absolute Gasteiger partial charge is 0.321 e. The van der Waals surface area contributed by atoms with Crippen molar-refractivity contribution in [2.75, 3.05) is 45.1 Å². The number of likely N-dealkylation sites (N-methyl/N-ethyl adjacent to an activating group) is 1. The quantitative estimate of drug-likeness (QED) is 0.489. The fraction of sp³-hybridized carbons (Fsp3) is 0.385. The lowest BCUT2D eigenvalue weighted by Crippen LogP contribution is -2.33. The maximum atomic E-state index is 12.4. The van der Waals surface area contributed by atoms with Gasteiger partial charge in [0.2, 0.25) is 0 Å². The summed E-state index contributed by atoms with van der Waals surface area (Å²) in [5.74, 6) is 0.807. The number of para-hydroxylation sites is 1. The van der Waals surface area contributed by atoms with Crippen molar-refractivity contribution >= 4 is 17.6 Å². The van der Waals surface area contributed by atoms with E-state index in [2.05, 4.69) is 25.7 Å². The second-order valence-corrected chi connectivity index (χ2v) is 8.81. The molecule has 4 rings (SSSR count). The minimum Gasteiger partial charge on any atom is -0.351 e. The van der Waals surface area contributed by atoms with Gasteiger partial charge in [0.05, 0.1) is 0 Å². The number of urea groups is 1. The van der Waals surface area contributed by atoms with Crippen molar-refractivity contribution in [1.29, 1.82) is 0 Å². The van der Waals surface area contributed by atoms with Gasteiger partial charge in [-0.05, 0) is 68.8 Å². The number of nitrogens with one attached hydrogen (secondary N) is 2. The van der Waals surface area contributed by atoms with Crippen molar-refractivity contribution in [1.82, 2.24) is 25.3 Å². The number of benzene rings is 2. The summed E-state index contributed by atoms with van der Waals surface area (Å²) in [5.41, 5.74) is 3.12. The van der Waals surface area contributed by atoms with E-state index in [1.165, 1.54) is 12.8 Å². The highest BCUT2D eigenvalue weighted by atomic mass is 16.5. The fourth-order valence-corrected chi connectivity index (χ4v) is 3.97. The monoisotopic (exact) mass is 476 g/mol. The molecule has 3 aromatic rings. The van der Waals surface area contributed by atoms with Gasteiger partial charge in [-0.15, -0.1) is 0 Å². The molecule has 0 spiro atoms. The summed E-state index contributed by atoms with van der Waals surface area (Å²) in [6, 6.07) is 14.6. The van der Waals surface area contributed by atoms with Crippen LogP contribution >= 0.6 is 0 Å². The molecule has 1 fully saturated rings. The summed E-state index contributed by atoms with van der Waals surface area (Å²) in [4.78, 5) is 33.2. The van der Waals surface area contributed by atoms with Gasteiger partial charge in [0.15, 0.2) is 5.82 Å². The number of nitrogens with zero attached hydrogens (tertiary/aromatic N) is 4. The topological polar surface area (TPSA) is 104 Å². The number of rotatable bonds is 9. The number of hydrogen-bond donors (Lipinski definition) is 2. The Bertz CT molecular complexity index is 1140. The first kappa shape index (κ1) is 24.4. The number of hydrogen-bond acceptors (Lipinski definition) is 6. The van der Waals surface area contributed by atoms with Gasteiger partial charge in [0.25, 0.3) is 11.8 Å². The highest BCUT2D eigenvalue weighted by molar-refractivity contribution is 5.94. The fourth-order valence-electron chi connectivity index (χ4n) is 3.97. The van der Waals surface area contributed by atoms with Crippen molar-refractivity contribution in [3.63, 3.8) is 0 Å². The van der Waals surface area contributed by atoms with Crippen molar-refractivity contribution < 1.29 is 14.1 Å². The van der Waals surface area contributed by atoms with E-state index < -0.39 is 0 Å². The molecule has 0 bridgehead atoms. The Morgan fingerprint density at radius 2 is 1.83 bits per heavy atom. The molecule has 0 atom stereocenters. The van der Waals surface area contributed by atoms with Gasteiger partial charge in [-0.3, -0.25) is 4.79 Å². The van der Waals surface area contributed by atoms with Crippen LogP contribution in [-0.4, -0.2) is 71.7 Å². The zero-order chi connectivity index (χ0) is 24.6. The molecule has 1 aromatic heterocycles. The number of amides is 3. The SMILES string of the molecule is Cc1ccccc1NC(=O)N(C)CCc1noc(-c2ccc(C(=O)NCCN3CCCC3)cc2)n1. The number of anilines is 1. The van der Waals surface area contributed by atoms with E-state index >= 15 is 0 Å². The van der Waals surface area contributed by atoms with Gasteiger partial charge in [-0.2, -0.15) is 4.98 Å². The van der Waals surface area contributed by atoms with E-state index in [-0.39, 0.29) is 11.9 Å². The molecule has 9 heteroatoms. The van der Waals surface area contributed by atoms with E-state index in [1.807, 2.05) is 31.2 Å². The Labute approximate surface area is 205 Å². The maximum Gasteiger partial charge on any atom is 0.321 e. The molecule has 1 saturated heterocycles. The van der Waals surface area contributed by atoms with Gasteiger partial charge < -0.3 is 25.0 Å². The van der Waals surface area contributed by atoms with Crippen LogP contribution in [0, 0.1) is 6.92 Å². The standard InChI is InChI=1S/C26H32N6O3/c1-19-7-3-4-8-22(19)28-26(34)31(2)17-13-23-29-25(35-30-23)21-11-9-20(10-12-21)24(33)27-14-18-32-15-5-6-16-32/h3-4,7-12H,5-6,13-18H2,1-2H3,(H,27,33)(H,28,34). The number of carbonyl (C=O) groups excluding carboxylic acids is 2. The average molecular weight is 477 g/mol. The number of likely N-dealkylation sites (tertiary alicyclic amines) is 1. The number of aromatic nitrogens is 2. The molecule has 184 valence electrons. The van der Waals surface area contributed by atoms with Gasteiger partial charge in [-0.25, -0.2) is 4.79 Å². The summed E-state index contributed by atoms with van der Waals surface area (Å²) in [6.07, 6.45) is 2.94. The third kappa shape index (κ3) is 6.66. The molecule has 0 unspecified atom stereocenters. The Kier molecular flexibility index (Phi) is 8.10. The lowest BCUT2D eigenvalue weighted by atomic mass is 10.1. The lowest BCUT2D eigenvalue weighted by Gasteiger charge is -2.18. The molecule has 2 N–H and O–H groups in total. The zero-order valence-corrected chi connectivity index (χ0v) is 20.3.